The summed E-state index contributed by atoms with van der Waals surface area (Å²) < 4.78 is 5.12. The van der Waals surface area contributed by atoms with E-state index in [-0.39, 0.29) is 29.2 Å². The zero-order valence-corrected chi connectivity index (χ0v) is 11.1. The number of hydrazone groups is 1. The Balaban J connectivity index is 2.05. The average Bonchev–Trinajstić information content (AvgIpc) is 2.99. The van der Waals surface area contributed by atoms with Crippen LogP contribution in [0, 0.1) is 0 Å². The molecule has 0 fully saturated rings. The molecule has 0 aliphatic carbocycles. The number of rotatable bonds is 0. The van der Waals surface area contributed by atoms with Gasteiger partial charge < -0.3 is 10.2 Å². The number of amides is 2. The Labute approximate surface area is 122 Å². The first-order chi connectivity index (χ1) is 10.6. The Kier molecular flexibility index (Phi) is 2.32. The Morgan fingerprint density at radius 2 is 1.91 bits per heavy atom. The Morgan fingerprint density at radius 1 is 1.14 bits per heavy atom. The van der Waals surface area contributed by atoms with Crippen molar-refractivity contribution in [2.75, 3.05) is 0 Å². The third-order valence-electron chi connectivity index (χ3n) is 3.46. The van der Waals surface area contributed by atoms with Crippen molar-refractivity contribution in [3.05, 3.63) is 45.8 Å². The van der Waals surface area contributed by atoms with Crippen LogP contribution in [0.25, 0.3) is 11.0 Å². The molecule has 0 spiro atoms. The standard InChI is InChI=1S/C14H8N4O4/c15-8-5-9(19)18(17-8)12-10-6-3-1-2-4-7(6)22-14(21)11(10)13(20)16-12/h1-4H,5H2,(H2,15,17). The molecule has 2 amide bonds. The lowest BCUT2D eigenvalue weighted by Gasteiger charge is -2.12. The monoisotopic (exact) mass is 296 g/mol. The molecule has 0 saturated carbocycles. The van der Waals surface area contributed by atoms with E-state index in [2.05, 4.69) is 10.1 Å². The van der Waals surface area contributed by atoms with Crippen LogP contribution in [-0.4, -0.2) is 28.5 Å². The van der Waals surface area contributed by atoms with Crippen LogP contribution in [0.2, 0.25) is 0 Å². The number of hydrogen-bond donors (Lipinski definition) is 1. The largest absolute Gasteiger partial charge is 0.422 e. The molecule has 0 radical (unpaired) electrons. The summed E-state index contributed by atoms with van der Waals surface area (Å²) in [4.78, 5) is 39.8. The van der Waals surface area contributed by atoms with Crippen molar-refractivity contribution in [3.8, 4) is 0 Å². The second-order valence-electron chi connectivity index (χ2n) is 4.85. The van der Waals surface area contributed by atoms with Gasteiger partial charge in [-0.25, -0.2) is 4.79 Å². The van der Waals surface area contributed by atoms with E-state index in [1.54, 1.807) is 24.3 Å². The molecule has 0 unspecified atom stereocenters. The summed E-state index contributed by atoms with van der Waals surface area (Å²) in [5.41, 5.74) is 5.12. The van der Waals surface area contributed by atoms with Crippen LogP contribution in [0.5, 0.6) is 0 Å². The number of fused-ring (bicyclic) bond motifs is 3. The summed E-state index contributed by atoms with van der Waals surface area (Å²) in [5.74, 6) is -1.03. The molecule has 4 rings (SSSR count). The van der Waals surface area contributed by atoms with Gasteiger partial charge in [0.25, 0.3) is 11.8 Å². The molecular weight excluding hydrogens is 288 g/mol. The van der Waals surface area contributed by atoms with Crippen molar-refractivity contribution >= 4 is 34.5 Å². The van der Waals surface area contributed by atoms with Crippen molar-refractivity contribution in [1.29, 1.82) is 0 Å². The van der Waals surface area contributed by atoms with Crippen molar-refractivity contribution in [2.24, 2.45) is 15.8 Å². The van der Waals surface area contributed by atoms with Gasteiger partial charge in [0, 0.05) is 5.39 Å². The Morgan fingerprint density at radius 3 is 2.64 bits per heavy atom. The fraction of sp³-hybridized carbons (Fsp3) is 0.0714. The maximum absolute atomic E-state index is 12.0. The highest BCUT2D eigenvalue weighted by atomic mass is 16.4. The van der Waals surface area contributed by atoms with E-state index in [0.29, 0.717) is 11.0 Å². The van der Waals surface area contributed by atoms with Gasteiger partial charge in [-0.05, 0) is 6.07 Å². The van der Waals surface area contributed by atoms with Crippen molar-refractivity contribution in [2.45, 2.75) is 6.42 Å². The smallest absolute Gasteiger partial charge is 0.350 e. The zero-order valence-electron chi connectivity index (χ0n) is 11.1. The van der Waals surface area contributed by atoms with Crippen LogP contribution >= 0.6 is 0 Å². The van der Waals surface area contributed by atoms with E-state index >= 15 is 0 Å². The molecule has 2 N–H and O–H groups in total. The van der Waals surface area contributed by atoms with E-state index in [1.807, 2.05) is 0 Å². The summed E-state index contributed by atoms with van der Waals surface area (Å²) in [6.45, 7) is 0. The molecule has 0 atom stereocenters. The van der Waals surface area contributed by atoms with E-state index in [9.17, 15) is 14.4 Å². The molecule has 1 aromatic carbocycles. The summed E-state index contributed by atoms with van der Waals surface area (Å²) in [6.07, 6.45) is -0.0537. The highest BCUT2D eigenvalue weighted by molar-refractivity contribution is 6.29. The molecule has 3 heterocycles. The zero-order chi connectivity index (χ0) is 15.4. The van der Waals surface area contributed by atoms with Crippen LogP contribution in [0.3, 0.4) is 0 Å². The summed E-state index contributed by atoms with van der Waals surface area (Å²) >= 11 is 0. The van der Waals surface area contributed by atoms with Gasteiger partial charge in [-0.15, -0.1) is 0 Å². The molecule has 22 heavy (non-hydrogen) atoms. The summed E-state index contributed by atoms with van der Waals surface area (Å²) in [7, 11) is 0. The van der Waals surface area contributed by atoms with Gasteiger partial charge in [0.2, 0.25) is 0 Å². The molecular formula is C14H8N4O4. The highest BCUT2D eigenvalue weighted by Gasteiger charge is 2.37. The van der Waals surface area contributed by atoms with Crippen molar-refractivity contribution in [1.82, 2.24) is 5.01 Å². The molecule has 8 heteroatoms. The third kappa shape index (κ3) is 1.54. The number of para-hydroxylation sites is 1. The molecule has 2 aliphatic heterocycles. The van der Waals surface area contributed by atoms with Crippen LogP contribution in [0.15, 0.2) is 43.6 Å². The second-order valence-corrected chi connectivity index (χ2v) is 4.85. The van der Waals surface area contributed by atoms with Crippen LogP contribution < -0.4 is 11.4 Å². The minimum atomic E-state index is -0.791. The molecule has 0 bridgehead atoms. The summed E-state index contributed by atoms with van der Waals surface area (Å²) in [5, 5.41) is 5.36. The van der Waals surface area contributed by atoms with Gasteiger partial charge in [0.15, 0.2) is 5.84 Å². The minimum absolute atomic E-state index is 0.00884. The van der Waals surface area contributed by atoms with E-state index in [1.165, 1.54) is 0 Å². The highest BCUT2D eigenvalue weighted by Crippen LogP contribution is 2.28. The van der Waals surface area contributed by atoms with E-state index < -0.39 is 17.4 Å². The maximum atomic E-state index is 12.0. The number of amidine groups is 2. The van der Waals surface area contributed by atoms with Crippen molar-refractivity contribution in [3.63, 3.8) is 0 Å². The first-order valence-corrected chi connectivity index (χ1v) is 6.41. The van der Waals surface area contributed by atoms with Gasteiger partial charge in [-0.2, -0.15) is 15.1 Å². The van der Waals surface area contributed by atoms with Crippen LogP contribution in [0.1, 0.15) is 22.3 Å². The van der Waals surface area contributed by atoms with E-state index in [4.69, 9.17) is 10.2 Å². The Hall–Kier alpha value is -3.29. The molecule has 2 aliphatic rings. The fourth-order valence-electron chi connectivity index (χ4n) is 2.55. The third-order valence-corrected chi connectivity index (χ3v) is 3.46. The lowest BCUT2D eigenvalue weighted by Crippen LogP contribution is -2.29. The number of hydrogen-bond acceptors (Lipinski definition) is 6. The molecule has 108 valence electrons. The predicted octanol–water partition coefficient (Wildman–Crippen LogP) is 0.198. The normalized spacial score (nSPS) is 17.0. The number of nitrogens with two attached hydrogens (primary N) is 1. The van der Waals surface area contributed by atoms with E-state index in [0.717, 1.165) is 5.01 Å². The fourth-order valence-corrected chi connectivity index (χ4v) is 2.55. The molecule has 8 nitrogen and oxygen atoms in total. The van der Waals surface area contributed by atoms with Gasteiger partial charge in [-0.1, -0.05) is 18.2 Å². The first-order valence-electron chi connectivity index (χ1n) is 6.41. The van der Waals surface area contributed by atoms with Gasteiger partial charge in [0.1, 0.15) is 17.0 Å². The number of carbonyl (C=O) groups excluding carboxylic acids is 2. The number of carbonyl (C=O) groups is 2. The topological polar surface area (TPSA) is 118 Å². The number of benzene rings is 1. The van der Waals surface area contributed by atoms with Gasteiger partial charge in [0.05, 0.1) is 12.0 Å². The quantitative estimate of drug-likeness (QED) is 0.696. The maximum Gasteiger partial charge on any atom is 0.350 e. The summed E-state index contributed by atoms with van der Waals surface area (Å²) in [6, 6.07) is 6.70. The number of aliphatic imine (C=N–C) groups is 1. The minimum Gasteiger partial charge on any atom is -0.422 e. The molecule has 1 aromatic heterocycles. The molecule has 2 aromatic rings. The van der Waals surface area contributed by atoms with Gasteiger partial charge in [-0.3, -0.25) is 9.59 Å². The lowest BCUT2D eigenvalue weighted by atomic mass is 10.1. The second kappa shape index (κ2) is 4.10. The number of nitrogens with zero attached hydrogens (tertiary/aromatic N) is 3. The lowest BCUT2D eigenvalue weighted by molar-refractivity contribution is -0.125. The van der Waals surface area contributed by atoms with Crippen molar-refractivity contribution < 1.29 is 14.0 Å². The van der Waals surface area contributed by atoms with Gasteiger partial charge >= 0.3 is 5.63 Å². The van der Waals surface area contributed by atoms with Crippen LogP contribution in [-0.2, 0) is 4.79 Å². The average molecular weight is 296 g/mol. The first kappa shape index (κ1) is 12.5. The Bertz CT molecular complexity index is 986. The molecule has 0 saturated heterocycles. The SMILES string of the molecule is NC1=NN(C2=NC(=O)c3c2c2ccccc2oc3=O)C(=O)C1. The predicted molar refractivity (Wildman–Crippen MR) is 76.4 cm³/mol. The van der Waals surface area contributed by atoms with Crippen LogP contribution in [0.4, 0.5) is 0 Å².